The van der Waals surface area contributed by atoms with E-state index in [1.54, 1.807) is 24.3 Å². The van der Waals surface area contributed by atoms with Gasteiger partial charge < -0.3 is 4.90 Å². The first-order valence-electron chi connectivity index (χ1n) is 6.84. The van der Waals surface area contributed by atoms with Crippen molar-refractivity contribution in [2.24, 2.45) is 0 Å². The first-order chi connectivity index (χ1) is 10.2. The number of anilines is 1. The van der Waals surface area contributed by atoms with Gasteiger partial charge in [0.1, 0.15) is 11.9 Å². The number of hydrogen-bond donors (Lipinski definition) is 0. The molecule has 1 heterocycles. The number of Topliss-reactive ketones (excluding diaryl/α,β-unsaturated/α-hetero) is 1. The molecule has 0 bridgehead atoms. The van der Waals surface area contributed by atoms with E-state index in [1.807, 2.05) is 6.07 Å². The molecule has 1 amide bonds. The fourth-order valence-corrected chi connectivity index (χ4v) is 2.65. The normalized spacial score (nSPS) is 18.0. The van der Waals surface area contributed by atoms with E-state index in [0.717, 1.165) is 0 Å². The largest absolute Gasteiger partial charge is 0.302 e. The van der Waals surface area contributed by atoms with Crippen LogP contribution >= 0.6 is 0 Å². The molecule has 0 saturated carbocycles. The van der Waals surface area contributed by atoms with E-state index in [4.69, 9.17) is 0 Å². The molecule has 106 valence electrons. The van der Waals surface area contributed by atoms with Crippen molar-refractivity contribution < 1.29 is 14.0 Å². The third-order valence-corrected chi connectivity index (χ3v) is 3.68. The number of nitrogens with zero attached hydrogens (tertiary/aromatic N) is 1. The SMILES string of the molecule is O=C(c1ccccc1)C1CCC(=O)N1c1ccc(F)cc1. The first-order valence-corrected chi connectivity index (χ1v) is 6.84. The second-order valence-corrected chi connectivity index (χ2v) is 5.02. The number of benzene rings is 2. The second-order valence-electron chi connectivity index (χ2n) is 5.02. The number of hydrogen-bond acceptors (Lipinski definition) is 2. The van der Waals surface area contributed by atoms with Crippen molar-refractivity contribution in [3.8, 4) is 0 Å². The molecule has 2 aromatic carbocycles. The lowest BCUT2D eigenvalue weighted by molar-refractivity contribution is -0.117. The monoisotopic (exact) mass is 283 g/mol. The summed E-state index contributed by atoms with van der Waals surface area (Å²) in [6.45, 7) is 0. The minimum absolute atomic E-state index is 0.0780. The highest BCUT2D eigenvalue weighted by Gasteiger charge is 2.37. The third kappa shape index (κ3) is 2.57. The second kappa shape index (κ2) is 5.48. The van der Waals surface area contributed by atoms with Gasteiger partial charge in [-0.2, -0.15) is 0 Å². The van der Waals surface area contributed by atoms with Crippen LogP contribution in [0.1, 0.15) is 23.2 Å². The first kappa shape index (κ1) is 13.5. The van der Waals surface area contributed by atoms with Gasteiger partial charge in [-0.25, -0.2) is 4.39 Å². The van der Waals surface area contributed by atoms with Crippen molar-refractivity contribution >= 4 is 17.4 Å². The van der Waals surface area contributed by atoms with E-state index in [-0.39, 0.29) is 17.5 Å². The molecule has 0 spiro atoms. The van der Waals surface area contributed by atoms with Crippen LogP contribution in [0, 0.1) is 5.82 Å². The maximum atomic E-state index is 13.0. The van der Waals surface area contributed by atoms with Crippen molar-refractivity contribution in [2.75, 3.05) is 4.90 Å². The van der Waals surface area contributed by atoms with Gasteiger partial charge in [-0.3, -0.25) is 9.59 Å². The Morgan fingerprint density at radius 2 is 1.71 bits per heavy atom. The van der Waals surface area contributed by atoms with E-state index in [9.17, 15) is 14.0 Å². The summed E-state index contributed by atoms with van der Waals surface area (Å²) in [6.07, 6.45) is 0.824. The summed E-state index contributed by atoms with van der Waals surface area (Å²) in [5.74, 6) is -0.544. The molecule has 1 unspecified atom stereocenters. The van der Waals surface area contributed by atoms with E-state index in [1.165, 1.54) is 29.2 Å². The Hall–Kier alpha value is -2.49. The zero-order valence-corrected chi connectivity index (χ0v) is 11.3. The van der Waals surface area contributed by atoms with Gasteiger partial charge in [0.05, 0.1) is 0 Å². The maximum absolute atomic E-state index is 13.0. The Bertz CT molecular complexity index is 667. The molecule has 0 radical (unpaired) electrons. The molecule has 1 aliphatic heterocycles. The van der Waals surface area contributed by atoms with Crippen LogP contribution in [0.3, 0.4) is 0 Å². The van der Waals surface area contributed by atoms with Gasteiger partial charge in [0.2, 0.25) is 5.91 Å². The Balaban J connectivity index is 1.93. The predicted octanol–water partition coefficient (Wildman–Crippen LogP) is 3.20. The van der Waals surface area contributed by atoms with Gasteiger partial charge in [-0.1, -0.05) is 30.3 Å². The van der Waals surface area contributed by atoms with Crippen LogP contribution in [0.5, 0.6) is 0 Å². The summed E-state index contributed by atoms with van der Waals surface area (Å²) >= 11 is 0. The Morgan fingerprint density at radius 3 is 2.38 bits per heavy atom. The fraction of sp³-hybridized carbons (Fsp3) is 0.176. The van der Waals surface area contributed by atoms with E-state index in [2.05, 4.69) is 0 Å². The zero-order chi connectivity index (χ0) is 14.8. The van der Waals surface area contributed by atoms with Crippen molar-refractivity contribution in [1.29, 1.82) is 0 Å². The standard InChI is InChI=1S/C17H14FNO2/c18-13-6-8-14(9-7-13)19-15(10-11-16(19)20)17(21)12-4-2-1-3-5-12/h1-9,15H,10-11H2. The number of ketones is 1. The molecule has 1 atom stereocenters. The van der Waals surface area contributed by atoms with Crippen LogP contribution in [0.4, 0.5) is 10.1 Å². The van der Waals surface area contributed by atoms with Crippen molar-refractivity contribution in [1.82, 2.24) is 0 Å². The lowest BCUT2D eigenvalue weighted by atomic mass is 10.0. The molecule has 3 rings (SSSR count). The van der Waals surface area contributed by atoms with Crippen molar-refractivity contribution in [2.45, 2.75) is 18.9 Å². The van der Waals surface area contributed by atoms with Gasteiger partial charge in [0.25, 0.3) is 0 Å². The molecule has 21 heavy (non-hydrogen) atoms. The Morgan fingerprint density at radius 1 is 1.05 bits per heavy atom. The summed E-state index contributed by atoms with van der Waals surface area (Å²) in [5, 5.41) is 0. The molecule has 0 N–H and O–H groups in total. The van der Waals surface area contributed by atoms with Crippen LogP contribution in [0.15, 0.2) is 54.6 Å². The summed E-state index contributed by atoms with van der Waals surface area (Å²) in [6, 6.07) is 14.1. The highest BCUT2D eigenvalue weighted by Crippen LogP contribution is 2.28. The maximum Gasteiger partial charge on any atom is 0.227 e. The Kier molecular flexibility index (Phi) is 3.52. The number of carbonyl (C=O) groups is 2. The number of halogens is 1. The van der Waals surface area contributed by atoms with E-state index < -0.39 is 6.04 Å². The number of amides is 1. The predicted molar refractivity (Wildman–Crippen MR) is 77.7 cm³/mol. The molecule has 1 saturated heterocycles. The van der Waals surface area contributed by atoms with Crippen LogP contribution in [0.2, 0.25) is 0 Å². The summed E-state index contributed by atoms with van der Waals surface area (Å²) in [4.78, 5) is 26.1. The molecule has 0 aromatic heterocycles. The summed E-state index contributed by atoms with van der Waals surface area (Å²) < 4.78 is 13.0. The highest BCUT2D eigenvalue weighted by atomic mass is 19.1. The third-order valence-electron chi connectivity index (χ3n) is 3.68. The minimum atomic E-state index is -0.509. The van der Waals surface area contributed by atoms with E-state index >= 15 is 0 Å². The molecule has 1 aliphatic rings. The number of rotatable bonds is 3. The van der Waals surface area contributed by atoms with Crippen LogP contribution in [-0.2, 0) is 4.79 Å². The zero-order valence-electron chi connectivity index (χ0n) is 11.3. The summed E-state index contributed by atoms with van der Waals surface area (Å²) in [5.41, 5.74) is 1.15. The summed E-state index contributed by atoms with van der Waals surface area (Å²) in [7, 11) is 0. The minimum Gasteiger partial charge on any atom is -0.302 e. The van der Waals surface area contributed by atoms with Crippen LogP contribution < -0.4 is 4.90 Å². The van der Waals surface area contributed by atoms with Gasteiger partial charge in [-0.05, 0) is 30.7 Å². The molecule has 3 nitrogen and oxygen atoms in total. The molecule has 2 aromatic rings. The quantitative estimate of drug-likeness (QED) is 0.811. The highest BCUT2D eigenvalue weighted by molar-refractivity contribution is 6.10. The average Bonchev–Trinajstić information content (AvgIpc) is 2.90. The van der Waals surface area contributed by atoms with Crippen LogP contribution in [0.25, 0.3) is 0 Å². The van der Waals surface area contributed by atoms with Gasteiger partial charge in [-0.15, -0.1) is 0 Å². The number of carbonyl (C=O) groups excluding carboxylic acids is 2. The van der Waals surface area contributed by atoms with Crippen LogP contribution in [-0.4, -0.2) is 17.7 Å². The smallest absolute Gasteiger partial charge is 0.227 e. The lowest BCUT2D eigenvalue weighted by Crippen LogP contribution is -2.38. The molecule has 4 heteroatoms. The fourth-order valence-electron chi connectivity index (χ4n) is 2.65. The Labute approximate surface area is 122 Å². The van der Waals surface area contributed by atoms with Gasteiger partial charge >= 0.3 is 0 Å². The van der Waals surface area contributed by atoms with Crippen molar-refractivity contribution in [3.05, 3.63) is 66.0 Å². The average molecular weight is 283 g/mol. The molecular formula is C17H14FNO2. The van der Waals surface area contributed by atoms with E-state index in [0.29, 0.717) is 24.1 Å². The molecular weight excluding hydrogens is 269 g/mol. The molecule has 0 aliphatic carbocycles. The molecule has 1 fully saturated rings. The van der Waals surface area contributed by atoms with Crippen molar-refractivity contribution in [3.63, 3.8) is 0 Å². The lowest BCUT2D eigenvalue weighted by Gasteiger charge is -2.24. The topological polar surface area (TPSA) is 37.4 Å². The van der Waals surface area contributed by atoms with Gasteiger partial charge in [0.15, 0.2) is 5.78 Å². The van der Waals surface area contributed by atoms with Gasteiger partial charge in [0, 0.05) is 17.7 Å².